The second kappa shape index (κ2) is 6.10. The van der Waals surface area contributed by atoms with Crippen LogP contribution in [0.25, 0.3) is 0 Å². The molecule has 1 aromatic carbocycles. The van der Waals surface area contributed by atoms with Gasteiger partial charge in [-0.2, -0.15) is 5.10 Å². The number of nitrogens with one attached hydrogen (secondary N) is 1. The first-order valence-electron chi connectivity index (χ1n) is 6.99. The van der Waals surface area contributed by atoms with Crippen LogP contribution in [-0.2, 0) is 11.3 Å². The van der Waals surface area contributed by atoms with Crippen molar-refractivity contribution in [3.63, 3.8) is 0 Å². The molecule has 112 valence electrons. The predicted molar refractivity (Wildman–Crippen MR) is 83.8 cm³/mol. The fourth-order valence-corrected chi connectivity index (χ4v) is 1.89. The van der Waals surface area contributed by atoms with Crippen LogP contribution < -0.4 is 11.1 Å². The average molecular weight is 286 g/mol. The van der Waals surface area contributed by atoms with Crippen molar-refractivity contribution in [1.82, 2.24) is 9.78 Å². The van der Waals surface area contributed by atoms with E-state index in [1.807, 2.05) is 62.0 Å². The van der Waals surface area contributed by atoms with Crippen LogP contribution in [0.5, 0.6) is 0 Å². The van der Waals surface area contributed by atoms with E-state index in [9.17, 15) is 4.79 Å². The number of nitrogens with two attached hydrogens (primary N) is 1. The van der Waals surface area contributed by atoms with E-state index in [4.69, 9.17) is 5.73 Å². The molecule has 5 nitrogen and oxygen atoms in total. The van der Waals surface area contributed by atoms with E-state index >= 15 is 0 Å². The molecule has 0 fully saturated rings. The van der Waals surface area contributed by atoms with Crippen LogP contribution in [0.4, 0.5) is 5.69 Å². The number of nitrogens with zero attached hydrogens (tertiary/aromatic N) is 2. The van der Waals surface area contributed by atoms with Gasteiger partial charge in [-0.3, -0.25) is 9.48 Å². The molecule has 0 aliphatic heterocycles. The Hall–Kier alpha value is -2.14. The molecule has 5 heteroatoms. The minimum absolute atomic E-state index is 0.165. The van der Waals surface area contributed by atoms with Crippen molar-refractivity contribution >= 4 is 11.6 Å². The third-order valence-corrected chi connectivity index (χ3v) is 3.34. The Morgan fingerprint density at radius 1 is 1.33 bits per heavy atom. The molecule has 1 aromatic heterocycles. The van der Waals surface area contributed by atoms with E-state index in [1.165, 1.54) is 0 Å². The Labute approximate surface area is 125 Å². The molecule has 0 unspecified atom stereocenters. The van der Waals surface area contributed by atoms with Gasteiger partial charge in [0, 0.05) is 18.1 Å². The first kappa shape index (κ1) is 15.3. The summed E-state index contributed by atoms with van der Waals surface area (Å²) in [5.74, 6) is -0.165. The Morgan fingerprint density at radius 2 is 2.00 bits per heavy atom. The van der Waals surface area contributed by atoms with Gasteiger partial charge in [0.15, 0.2) is 0 Å². The number of amides is 1. The minimum Gasteiger partial charge on any atom is -0.325 e. The summed E-state index contributed by atoms with van der Waals surface area (Å²) >= 11 is 0. The van der Waals surface area contributed by atoms with Gasteiger partial charge >= 0.3 is 0 Å². The summed E-state index contributed by atoms with van der Waals surface area (Å²) in [6.45, 7) is 6.56. The molecule has 2 rings (SSSR count). The van der Waals surface area contributed by atoms with Gasteiger partial charge in [0.1, 0.15) is 0 Å². The van der Waals surface area contributed by atoms with E-state index in [-0.39, 0.29) is 11.3 Å². The van der Waals surface area contributed by atoms with Crippen LogP contribution in [0.15, 0.2) is 42.7 Å². The fourth-order valence-electron chi connectivity index (χ4n) is 1.89. The lowest BCUT2D eigenvalue weighted by Crippen LogP contribution is -2.45. The smallest absolute Gasteiger partial charge is 0.241 e. The Bertz CT molecular complexity index is 582. The van der Waals surface area contributed by atoms with Crippen molar-refractivity contribution in [3.05, 3.63) is 48.3 Å². The van der Waals surface area contributed by atoms with Crippen molar-refractivity contribution in [2.75, 3.05) is 5.32 Å². The maximum atomic E-state index is 12.1. The zero-order chi connectivity index (χ0) is 15.5. The minimum atomic E-state index is -0.541. The molecule has 0 saturated carbocycles. The first-order valence-corrected chi connectivity index (χ1v) is 6.99. The van der Waals surface area contributed by atoms with Crippen LogP contribution in [-0.4, -0.2) is 21.7 Å². The highest BCUT2D eigenvalue weighted by Gasteiger charge is 2.27. The van der Waals surface area contributed by atoms with Crippen molar-refractivity contribution in [2.45, 2.75) is 33.4 Å². The number of aromatic nitrogens is 2. The lowest BCUT2D eigenvalue weighted by atomic mass is 9.87. The summed E-state index contributed by atoms with van der Waals surface area (Å²) in [5.41, 5.74) is 7.55. The molecule has 3 N–H and O–H groups in total. The highest BCUT2D eigenvalue weighted by Crippen LogP contribution is 2.19. The van der Waals surface area contributed by atoms with Gasteiger partial charge < -0.3 is 11.1 Å². The highest BCUT2D eigenvalue weighted by atomic mass is 16.2. The molecule has 1 atom stereocenters. The number of rotatable bonds is 4. The molecule has 0 aliphatic carbocycles. The van der Waals surface area contributed by atoms with Crippen LogP contribution in [0, 0.1) is 5.41 Å². The Balaban J connectivity index is 1.98. The van der Waals surface area contributed by atoms with Crippen molar-refractivity contribution in [2.24, 2.45) is 11.1 Å². The molecule has 2 aromatic rings. The van der Waals surface area contributed by atoms with E-state index in [1.54, 1.807) is 6.20 Å². The lowest BCUT2D eigenvalue weighted by molar-refractivity contribution is -0.119. The van der Waals surface area contributed by atoms with Crippen LogP contribution in [0.3, 0.4) is 0 Å². The predicted octanol–water partition coefficient (Wildman–Crippen LogP) is 2.24. The van der Waals surface area contributed by atoms with E-state index in [0.717, 1.165) is 11.3 Å². The molecular formula is C16H22N4O. The van der Waals surface area contributed by atoms with Crippen molar-refractivity contribution in [3.8, 4) is 0 Å². The second-order valence-electron chi connectivity index (χ2n) is 6.23. The number of hydrogen-bond donors (Lipinski definition) is 2. The maximum Gasteiger partial charge on any atom is 0.241 e. The zero-order valence-electron chi connectivity index (χ0n) is 12.7. The molecule has 0 saturated heterocycles. The van der Waals surface area contributed by atoms with E-state index in [0.29, 0.717) is 6.54 Å². The second-order valence-corrected chi connectivity index (χ2v) is 6.23. The third-order valence-electron chi connectivity index (χ3n) is 3.34. The molecule has 0 aliphatic rings. The lowest BCUT2D eigenvalue weighted by Gasteiger charge is -2.25. The summed E-state index contributed by atoms with van der Waals surface area (Å²) in [4.78, 5) is 12.1. The van der Waals surface area contributed by atoms with Gasteiger partial charge in [0.05, 0.1) is 12.6 Å². The Morgan fingerprint density at radius 3 is 2.52 bits per heavy atom. The molecule has 0 radical (unpaired) electrons. The van der Waals surface area contributed by atoms with Crippen molar-refractivity contribution in [1.29, 1.82) is 0 Å². The van der Waals surface area contributed by atoms with Gasteiger partial charge in [-0.25, -0.2) is 0 Å². The molecular weight excluding hydrogens is 264 g/mol. The summed E-state index contributed by atoms with van der Waals surface area (Å²) in [7, 11) is 0. The molecule has 1 heterocycles. The Kier molecular flexibility index (Phi) is 4.43. The zero-order valence-corrected chi connectivity index (χ0v) is 12.7. The largest absolute Gasteiger partial charge is 0.325 e. The number of hydrogen-bond acceptors (Lipinski definition) is 3. The standard InChI is InChI=1S/C16H22N4O/c1-16(2,3)14(17)15(21)19-13-7-5-12(6-8-13)11-20-10-4-9-18-20/h4-10,14H,11,17H2,1-3H3,(H,19,21)/t14-/m1/s1. The fraction of sp³-hybridized carbons (Fsp3) is 0.375. The number of carbonyl (C=O) groups is 1. The number of benzene rings is 1. The number of anilines is 1. The van der Waals surface area contributed by atoms with Gasteiger partial charge in [0.2, 0.25) is 5.91 Å². The van der Waals surface area contributed by atoms with Crippen LogP contribution in [0.2, 0.25) is 0 Å². The van der Waals surface area contributed by atoms with Gasteiger partial charge in [-0.1, -0.05) is 32.9 Å². The molecule has 0 spiro atoms. The average Bonchev–Trinajstić information content (AvgIpc) is 2.92. The number of carbonyl (C=O) groups excluding carboxylic acids is 1. The van der Waals surface area contributed by atoms with Crippen LogP contribution in [0.1, 0.15) is 26.3 Å². The monoisotopic (exact) mass is 286 g/mol. The van der Waals surface area contributed by atoms with Gasteiger partial charge in [-0.15, -0.1) is 0 Å². The van der Waals surface area contributed by atoms with Crippen LogP contribution >= 0.6 is 0 Å². The third kappa shape index (κ3) is 4.16. The summed E-state index contributed by atoms with van der Waals surface area (Å²) < 4.78 is 1.85. The van der Waals surface area contributed by atoms with Gasteiger partial charge in [0.25, 0.3) is 0 Å². The SMILES string of the molecule is CC(C)(C)[C@H](N)C(=O)Nc1ccc(Cn2cccn2)cc1. The normalized spacial score (nSPS) is 13.0. The van der Waals surface area contributed by atoms with Gasteiger partial charge in [-0.05, 0) is 29.2 Å². The molecule has 21 heavy (non-hydrogen) atoms. The first-order chi connectivity index (χ1) is 9.86. The summed E-state index contributed by atoms with van der Waals surface area (Å²) in [6.07, 6.45) is 3.67. The van der Waals surface area contributed by atoms with E-state index < -0.39 is 6.04 Å². The molecule has 0 bridgehead atoms. The summed E-state index contributed by atoms with van der Waals surface area (Å²) in [6, 6.07) is 9.06. The maximum absolute atomic E-state index is 12.1. The quantitative estimate of drug-likeness (QED) is 0.905. The topological polar surface area (TPSA) is 72.9 Å². The van der Waals surface area contributed by atoms with E-state index in [2.05, 4.69) is 10.4 Å². The van der Waals surface area contributed by atoms with Crippen molar-refractivity contribution < 1.29 is 4.79 Å². The summed E-state index contributed by atoms with van der Waals surface area (Å²) in [5, 5.41) is 7.01. The highest BCUT2D eigenvalue weighted by molar-refractivity contribution is 5.95. The molecule has 1 amide bonds.